The number of nitrogens with zero attached hydrogens (tertiary/aromatic N) is 2. The zero-order valence-electron chi connectivity index (χ0n) is 19.2. The summed E-state index contributed by atoms with van der Waals surface area (Å²) in [7, 11) is 0. The molecule has 0 aromatic heterocycles. The predicted octanol–water partition coefficient (Wildman–Crippen LogP) is 2.14. The van der Waals surface area contributed by atoms with E-state index in [2.05, 4.69) is 0 Å². The Labute approximate surface area is 180 Å². The lowest BCUT2D eigenvalue weighted by molar-refractivity contribution is -0.157. The van der Waals surface area contributed by atoms with Gasteiger partial charge in [0, 0.05) is 26.2 Å². The van der Waals surface area contributed by atoms with Crippen molar-refractivity contribution in [1.29, 1.82) is 0 Å². The molecule has 2 N–H and O–H groups in total. The molecule has 0 saturated carbocycles. The first kappa shape index (κ1) is 24.3. The lowest BCUT2D eigenvalue weighted by atomic mass is 9.90. The normalized spacial score (nSPS) is 18.5. The Kier molecular flexibility index (Phi) is 7.66. The summed E-state index contributed by atoms with van der Waals surface area (Å²) in [6.07, 6.45) is 0. The van der Waals surface area contributed by atoms with Gasteiger partial charge in [0.1, 0.15) is 11.2 Å². The van der Waals surface area contributed by atoms with Crippen LogP contribution in [0.1, 0.15) is 47.1 Å². The van der Waals surface area contributed by atoms with E-state index in [0.717, 1.165) is 5.56 Å². The zero-order chi connectivity index (χ0) is 22.6. The number of hydrogen-bond donors (Lipinski definition) is 1. The quantitative estimate of drug-likeness (QED) is 0.732. The summed E-state index contributed by atoms with van der Waals surface area (Å²) < 4.78 is 11.0. The summed E-state index contributed by atoms with van der Waals surface area (Å²) in [4.78, 5) is 28.8. The molecule has 168 valence electrons. The van der Waals surface area contributed by atoms with Gasteiger partial charge in [-0.3, -0.25) is 19.4 Å². The number of ether oxygens (including phenoxy) is 2. The molecule has 1 aromatic carbocycles. The van der Waals surface area contributed by atoms with Crippen molar-refractivity contribution in [3.8, 4) is 0 Å². The third-order valence-corrected chi connectivity index (χ3v) is 4.64. The van der Waals surface area contributed by atoms with Crippen molar-refractivity contribution in [3.63, 3.8) is 0 Å². The molecular formula is C23H37N3O4. The van der Waals surface area contributed by atoms with Crippen LogP contribution in [0, 0.1) is 0 Å². The Bertz CT molecular complexity index is 682. The highest BCUT2D eigenvalue weighted by molar-refractivity contribution is 5.72. The van der Waals surface area contributed by atoms with Crippen molar-refractivity contribution in [2.24, 2.45) is 5.73 Å². The number of benzene rings is 1. The van der Waals surface area contributed by atoms with Gasteiger partial charge in [-0.15, -0.1) is 0 Å². The molecule has 30 heavy (non-hydrogen) atoms. The number of carbonyl (C=O) groups excluding carboxylic acids is 2. The summed E-state index contributed by atoms with van der Waals surface area (Å²) in [6.45, 7) is 13.6. The lowest BCUT2D eigenvalue weighted by Gasteiger charge is -2.35. The summed E-state index contributed by atoms with van der Waals surface area (Å²) in [5.74, 6) is -0.558. The van der Waals surface area contributed by atoms with Crippen LogP contribution in [-0.2, 0) is 24.6 Å². The van der Waals surface area contributed by atoms with Crippen LogP contribution in [0.4, 0.5) is 0 Å². The van der Waals surface area contributed by atoms with Crippen LogP contribution in [0.3, 0.4) is 0 Å². The topological polar surface area (TPSA) is 85.1 Å². The van der Waals surface area contributed by atoms with Crippen molar-refractivity contribution < 1.29 is 19.1 Å². The number of rotatable bonds is 5. The molecule has 1 aliphatic rings. The molecule has 1 aliphatic heterocycles. The highest BCUT2D eigenvalue weighted by Gasteiger charge is 2.37. The Hall–Kier alpha value is -1.96. The minimum absolute atomic E-state index is 0.156. The van der Waals surface area contributed by atoms with E-state index in [4.69, 9.17) is 15.2 Å². The first-order valence-corrected chi connectivity index (χ1v) is 10.5. The molecule has 0 bridgehead atoms. The molecule has 0 aliphatic carbocycles. The molecule has 0 spiro atoms. The molecular weight excluding hydrogens is 382 g/mol. The molecule has 1 fully saturated rings. The van der Waals surface area contributed by atoms with Gasteiger partial charge < -0.3 is 15.2 Å². The predicted molar refractivity (Wildman–Crippen MR) is 117 cm³/mol. The molecule has 2 rings (SSSR count). The van der Waals surface area contributed by atoms with Gasteiger partial charge in [0.2, 0.25) is 0 Å². The Morgan fingerprint density at radius 3 is 1.63 bits per heavy atom. The van der Waals surface area contributed by atoms with Gasteiger partial charge in [-0.2, -0.15) is 0 Å². The molecule has 0 radical (unpaired) electrons. The minimum Gasteiger partial charge on any atom is -0.459 e. The van der Waals surface area contributed by atoms with Gasteiger partial charge >= 0.3 is 11.9 Å². The van der Waals surface area contributed by atoms with E-state index < -0.39 is 16.7 Å². The molecule has 0 amide bonds. The third kappa shape index (κ3) is 8.05. The van der Waals surface area contributed by atoms with Gasteiger partial charge in [-0.25, -0.2) is 0 Å². The van der Waals surface area contributed by atoms with E-state index in [9.17, 15) is 9.59 Å². The van der Waals surface area contributed by atoms with Crippen LogP contribution in [0.25, 0.3) is 0 Å². The average Bonchev–Trinajstić information content (AvgIpc) is 2.71. The van der Waals surface area contributed by atoms with E-state index >= 15 is 0 Å². The fourth-order valence-corrected chi connectivity index (χ4v) is 3.62. The van der Waals surface area contributed by atoms with Crippen LogP contribution in [0.2, 0.25) is 0 Å². The number of esters is 2. The van der Waals surface area contributed by atoms with Crippen LogP contribution in [0.5, 0.6) is 0 Å². The molecule has 7 heteroatoms. The van der Waals surface area contributed by atoms with Crippen molar-refractivity contribution in [2.45, 2.75) is 58.3 Å². The van der Waals surface area contributed by atoms with Gasteiger partial charge in [0.05, 0.1) is 18.6 Å². The Morgan fingerprint density at radius 1 is 0.867 bits per heavy atom. The number of carbonyl (C=O) groups is 2. The average molecular weight is 420 g/mol. The fourth-order valence-electron chi connectivity index (χ4n) is 3.62. The van der Waals surface area contributed by atoms with Gasteiger partial charge in [0.25, 0.3) is 0 Å². The maximum absolute atomic E-state index is 12.4. The summed E-state index contributed by atoms with van der Waals surface area (Å²) in [6, 6.07) is 9.82. The minimum atomic E-state index is -0.734. The maximum atomic E-state index is 12.4. The molecule has 7 nitrogen and oxygen atoms in total. The summed E-state index contributed by atoms with van der Waals surface area (Å²) in [5.41, 5.74) is 6.04. The second-order valence-electron chi connectivity index (χ2n) is 10.1. The first-order valence-electron chi connectivity index (χ1n) is 10.5. The van der Waals surface area contributed by atoms with Gasteiger partial charge in [-0.05, 0) is 47.1 Å². The van der Waals surface area contributed by atoms with Gasteiger partial charge in [0.15, 0.2) is 0 Å². The second kappa shape index (κ2) is 9.45. The Morgan fingerprint density at radius 2 is 1.27 bits per heavy atom. The second-order valence-corrected chi connectivity index (χ2v) is 10.1. The third-order valence-electron chi connectivity index (χ3n) is 4.64. The monoisotopic (exact) mass is 419 g/mol. The van der Waals surface area contributed by atoms with Crippen molar-refractivity contribution in [2.75, 3.05) is 39.3 Å². The molecule has 0 unspecified atom stereocenters. The van der Waals surface area contributed by atoms with Crippen LogP contribution < -0.4 is 5.73 Å². The number of nitrogens with two attached hydrogens (primary N) is 1. The maximum Gasteiger partial charge on any atom is 0.320 e. The number of hydrogen-bond acceptors (Lipinski definition) is 7. The Balaban J connectivity index is 2.18. The first-order chi connectivity index (χ1) is 13.8. The van der Waals surface area contributed by atoms with E-state index in [-0.39, 0.29) is 25.0 Å². The smallest absolute Gasteiger partial charge is 0.320 e. The van der Waals surface area contributed by atoms with Crippen molar-refractivity contribution in [3.05, 3.63) is 35.9 Å². The lowest BCUT2D eigenvalue weighted by Crippen LogP contribution is -2.53. The van der Waals surface area contributed by atoms with E-state index in [1.165, 1.54) is 0 Å². The van der Waals surface area contributed by atoms with Crippen LogP contribution in [0.15, 0.2) is 30.3 Å². The standard InChI is InChI=1S/C23H37N3O4/c1-21(2,3)29-19(27)14-25-12-13-26(15-20(28)30-22(4,5)6)17-23(24,16-25)18-10-8-7-9-11-18/h7-11H,12-17,24H2,1-6H3. The highest BCUT2D eigenvalue weighted by Crippen LogP contribution is 2.24. The molecule has 1 aromatic rings. The molecule has 1 saturated heterocycles. The molecule has 0 atom stereocenters. The van der Waals surface area contributed by atoms with E-state index in [0.29, 0.717) is 26.2 Å². The van der Waals surface area contributed by atoms with E-state index in [1.807, 2.05) is 81.7 Å². The van der Waals surface area contributed by atoms with Gasteiger partial charge in [-0.1, -0.05) is 30.3 Å². The fraction of sp³-hybridized carbons (Fsp3) is 0.652. The van der Waals surface area contributed by atoms with Crippen molar-refractivity contribution >= 4 is 11.9 Å². The zero-order valence-corrected chi connectivity index (χ0v) is 19.2. The highest BCUT2D eigenvalue weighted by atomic mass is 16.6. The largest absolute Gasteiger partial charge is 0.459 e. The van der Waals surface area contributed by atoms with Crippen LogP contribution in [-0.4, -0.2) is 72.2 Å². The molecule has 1 heterocycles. The van der Waals surface area contributed by atoms with E-state index in [1.54, 1.807) is 0 Å². The summed E-state index contributed by atoms with van der Waals surface area (Å²) in [5, 5.41) is 0. The van der Waals surface area contributed by atoms with Crippen LogP contribution >= 0.6 is 0 Å². The van der Waals surface area contributed by atoms with Crippen molar-refractivity contribution in [1.82, 2.24) is 9.80 Å². The SMILES string of the molecule is CC(C)(C)OC(=O)CN1CCN(CC(=O)OC(C)(C)C)CC(N)(c2ccccc2)C1. The summed E-state index contributed by atoms with van der Waals surface area (Å²) >= 11 is 0.